The molecule has 1 heterocycles. The lowest BCUT2D eigenvalue weighted by Gasteiger charge is -2.32. The molecule has 0 unspecified atom stereocenters. The minimum Gasteiger partial charge on any atom is -0.496 e. The molecule has 0 N–H and O–H groups in total. The molecule has 0 fully saturated rings. The number of amides is 1. The zero-order valence-electron chi connectivity index (χ0n) is 12.3. The number of ether oxygens (including phenoxy) is 2. The second kappa shape index (κ2) is 5.64. The second-order valence-corrected chi connectivity index (χ2v) is 6.61. The molecular formula is C15H20BrNO3. The molecule has 110 valence electrons. The molecule has 0 aromatic heterocycles. The Morgan fingerprint density at radius 2 is 2.05 bits per heavy atom. The fraction of sp³-hybridized carbons (Fsp3) is 0.533. The molecule has 2 rings (SSSR count). The van der Waals surface area contributed by atoms with Gasteiger partial charge in [0.25, 0.3) is 0 Å². The molecule has 0 radical (unpaired) electrons. The van der Waals surface area contributed by atoms with Crippen LogP contribution in [0.25, 0.3) is 0 Å². The number of hydrogen-bond acceptors (Lipinski definition) is 3. The SMILES string of the molecule is COc1ccc2c(c1Br)CCCN2C(=O)OC(C)(C)C. The molecule has 0 saturated carbocycles. The molecule has 1 aromatic rings. The van der Waals surface area contributed by atoms with Crippen molar-refractivity contribution in [2.45, 2.75) is 39.2 Å². The minimum atomic E-state index is -0.488. The molecule has 0 saturated heterocycles. The second-order valence-electron chi connectivity index (χ2n) is 5.82. The van der Waals surface area contributed by atoms with Gasteiger partial charge in [0.2, 0.25) is 0 Å². The van der Waals surface area contributed by atoms with E-state index >= 15 is 0 Å². The Morgan fingerprint density at radius 1 is 1.35 bits per heavy atom. The molecule has 0 spiro atoms. The summed E-state index contributed by atoms with van der Waals surface area (Å²) in [7, 11) is 1.64. The summed E-state index contributed by atoms with van der Waals surface area (Å²) in [5.41, 5.74) is 1.51. The first-order valence-corrected chi connectivity index (χ1v) is 7.48. The van der Waals surface area contributed by atoms with Gasteiger partial charge in [-0.3, -0.25) is 4.90 Å². The van der Waals surface area contributed by atoms with Crippen LogP contribution in [-0.2, 0) is 11.2 Å². The molecule has 1 aromatic carbocycles. The van der Waals surface area contributed by atoms with Crippen molar-refractivity contribution < 1.29 is 14.3 Å². The van der Waals surface area contributed by atoms with Gasteiger partial charge in [0, 0.05) is 6.54 Å². The van der Waals surface area contributed by atoms with Crippen LogP contribution in [0.5, 0.6) is 5.75 Å². The van der Waals surface area contributed by atoms with E-state index in [2.05, 4.69) is 15.9 Å². The van der Waals surface area contributed by atoms with Crippen LogP contribution in [0, 0.1) is 0 Å². The number of fused-ring (bicyclic) bond motifs is 1. The fourth-order valence-corrected chi connectivity index (χ4v) is 2.97. The largest absolute Gasteiger partial charge is 0.496 e. The summed E-state index contributed by atoms with van der Waals surface area (Å²) in [6.45, 7) is 6.31. The van der Waals surface area contributed by atoms with Gasteiger partial charge < -0.3 is 9.47 Å². The lowest BCUT2D eigenvalue weighted by Crippen LogP contribution is -2.39. The van der Waals surface area contributed by atoms with Crippen molar-refractivity contribution in [1.29, 1.82) is 0 Å². The monoisotopic (exact) mass is 341 g/mol. The minimum absolute atomic E-state index is 0.296. The quantitative estimate of drug-likeness (QED) is 0.770. The number of rotatable bonds is 1. The maximum Gasteiger partial charge on any atom is 0.414 e. The summed E-state index contributed by atoms with van der Waals surface area (Å²) < 4.78 is 11.7. The van der Waals surface area contributed by atoms with Gasteiger partial charge in [-0.25, -0.2) is 4.79 Å². The van der Waals surface area contributed by atoms with E-state index in [0.29, 0.717) is 6.54 Å². The molecule has 1 aliphatic heterocycles. The molecule has 1 aliphatic rings. The number of carbonyl (C=O) groups is 1. The number of hydrogen-bond donors (Lipinski definition) is 0. The van der Waals surface area contributed by atoms with E-state index in [0.717, 1.165) is 34.3 Å². The number of benzene rings is 1. The lowest BCUT2D eigenvalue weighted by molar-refractivity contribution is 0.0577. The number of halogens is 1. The van der Waals surface area contributed by atoms with Crippen molar-refractivity contribution >= 4 is 27.7 Å². The summed E-state index contributed by atoms with van der Waals surface area (Å²) in [4.78, 5) is 14.0. The highest BCUT2D eigenvalue weighted by Gasteiger charge is 2.28. The molecule has 5 heteroatoms. The average Bonchev–Trinajstić information content (AvgIpc) is 2.37. The molecular weight excluding hydrogens is 322 g/mol. The van der Waals surface area contributed by atoms with Crippen LogP contribution in [0.2, 0.25) is 0 Å². The number of nitrogens with zero attached hydrogens (tertiary/aromatic N) is 1. The van der Waals surface area contributed by atoms with Crippen LogP contribution in [0.4, 0.5) is 10.5 Å². The van der Waals surface area contributed by atoms with Gasteiger partial charge in [-0.2, -0.15) is 0 Å². The Labute approximate surface area is 128 Å². The zero-order valence-corrected chi connectivity index (χ0v) is 13.9. The van der Waals surface area contributed by atoms with Gasteiger partial charge in [0.05, 0.1) is 17.3 Å². The standard InChI is InChI=1S/C15H20BrNO3/c1-15(2,3)20-14(18)17-9-5-6-10-11(17)7-8-12(19-4)13(10)16/h7-8H,5-6,9H2,1-4H3. The van der Waals surface area contributed by atoms with Gasteiger partial charge >= 0.3 is 6.09 Å². The normalized spacial score (nSPS) is 14.8. The van der Waals surface area contributed by atoms with Crippen molar-refractivity contribution in [3.63, 3.8) is 0 Å². The number of anilines is 1. The topological polar surface area (TPSA) is 38.8 Å². The highest BCUT2D eigenvalue weighted by Crippen LogP contribution is 2.39. The van der Waals surface area contributed by atoms with E-state index in [9.17, 15) is 4.79 Å². The maximum absolute atomic E-state index is 12.3. The number of methoxy groups -OCH3 is 1. The van der Waals surface area contributed by atoms with Crippen molar-refractivity contribution in [3.8, 4) is 5.75 Å². The first-order chi connectivity index (χ1) is 9.33. The third-order valence-corrected chi connectivity index (χ3v) is 3.99. The first-order valence-electron chi connectivity index (χ1n) is 6.69. The predicted octanol–water partition coefficient (Wildman–Crippen LogP) is 4.15. The summed E-state index contributed by atoms with van der Waals surface area (Å²) in [5.74, 6) is 0.787. The third kappa shape index (κ3) is 3.08. The lowest BCUT2D eigenvalue weighted by atomic mass is 10.0. The molecule has 0 bridgehead atoms. The smallest absolute Gasteiger partial charge is 0.414 e. The molecule has 20 heavy (non-hydrogen) atoms. The summed E-state index contributed by atoms with van der Waals surface area (Å²) in [6.07, 6.45) is 1.54. The highest BCUT2D eigenvalue weighted by molar-refractivity contribution is 9.10. The number of carbonyl (C=O) groups excluding carboxylic acids is 1. The van der Waals surface area contributed by atoms with Gasteiger partial charge in [-0.05, 0) is 67.2 Å². The Balaban J connectivity index is 2.34. The van der Waals surface area contributed by atoms with E-state index in [-0.39, 0.29) is 6.09 Å². The maximum atomic E-state index is 12.3. The summed E-state index contributed by atoms with van der Waals surface area (Å²) >= 11 is 3.56. The van der Waals surface area contributed by atoms with Crippen LogP contribution in [0.3, 0.4) is 0 Å². The molecule has 0 atom stereocenters. The van der Waals surface area contributed by atoms with E-state index < -0.39 is 5.60 Å². The molecule has 4 nitrogen and oxygen atoms in total. The van der Waals surface area contributed by atoms with Crippen LogP contribution in [-0.4, -0.2) is 25.3 Å². The zero-order chi connectivity index (χ0) is 14.9. The van der Waals surface area contributed by atoms with E-state index in [4.69, 9.17) is 9.47 Å². The predicted molar refractivity (Wildman–Crippen MR) is 82.6 cm³/mol. The Hall–Kier alpha value is -1.23. The Kier molecular flexibility index (Phi) is 4.28. The third-order valence-electron chi connectivity index (χ3n) is 3.12. The first kappa shape index (κ1) is 15.2. The Bertz CT molecular complexity index is 523. The van der Waals surface area contributed by atoms with Gasteiger partial charge in [-0.15, -0.1) is 0 Å². The van der Waals surface area contributed by atoms with Gasteiger partial charge in [0.1, 0.15) is 11.4 Å². The Morgan fingerprint density at radius 3 is 2.65 bits per heavy atom. The van der Waals surface area contributed by atoms with Crippen LogP contribution in [0.1, 0.15) is 32.8 Å². The van der Waals surface area contributed by atoms with Crippen molar-refractivity contribution in [2.75, 3.05) is 18.6 Å². The molecule has 1 amide bonds. The van der Waals surface area contributed by atoms with Gasteiger partial charge in [0.15, 0.2) is 0 Å². The van der Waals surface area contributed by atoms with Crippen molar-refractivity contribution in [1.82, 2.24) is 0 Å². The summed E-state index contributed by atoms with van der Waals surface area (Å²) in [5, 5.41) is 0. The highest BCUT2D eigenvalue weighted by atomic mass is 79.9. The van der Waals surface area contributed by atoms with Crippen molar-refractivity contribution in [2.24, 2.45) is 0 Å². The van der Waals surface area contributed by atoms with Crippen LogP contribution >= 0.6 is 15.9 Å². The van der Waals surface area contributed by atoms with Crippen LogP contribution in [0.15, 0.2) is 16.6 Å². The van der Waals surface area contributed by atoms with Crippen LogP contribution < -0.4 is 9.64 Å². The van der Waals surface area contributed by atoms with Gasteiger partial charge in [-0.1, -0.05) is 0 Å². The van der Waals surface area contributed by atoms with E-state index in [1.807, 2.05) is 32.9 Å². The van der Waals surface area contributed by atoms with E-state index in [1.165, 1.54) is 0 Å². The summed E-state index contributed by atoms with van der Waals surface area (Å²) in [6, 6.07) is 3.79. The fourth-order valence-electron chi connectivity index (χ4n) is 2.28. The molecule has 0 aliphatic carbocycles. The van der Waals surface area contributed by atoms with E-state index in [1.54, 1.807) is 12.0 Å². The average molecular weight is 342 g/mol. The van der Waals surface area contributed by atoms with Crippen molar-refractivity contribution in [3.05, 3.63) is 22.2 Å².